The topological polar surface area (TPSA) is 84.2 Å². The second-order valence-corrected chi connectivity index (χ2v) is 7.76. The SMILES string of the molecule is CCNS(=O)(=O)c1ccc(N)c(NC2(C)CCCCC2)c1. The lowest BCUT2D eigenvalue weighted by molar-refractivity contribution is 0.349. The molecule has 21 heavy (non-hydrogen) atoms. The zero-order valence-corrected chi connectivity index (χ0v) is 13.6. The van der Waals surface area contributed by atoms with Crippen LogP contribution in [0.25, 0.3) is 0 Å². The molecule has 0 atom stereocenters. The lowest BCUT2D eigenvalue weighted by Crippen LogP contribution is -2.37. The summed E-state index contributed by atoms with van der Waals surface area (Å²) in [5, 5.41) is 3.46. The Labute approximate surface area is 127 Å². The monoisotopic (exact) mass is 311 g/mol. The van der Waals surface area contributed by atoms with E-state index in [9.17, 15) is 8.42 Å². The van der Waals surface area contributed by atoms with E-state index in [4.69, 9.17) is 5.73 Å². The summed E-state index contributed by atoms with van der Waals surface area (Å²) in [5.41, 5.74) is 7.29. The quantitative estimate of drug-likeness (QED) is 0.730. The van der Waals surface area contributed by atoms with Gasteiger partial charge in [-0.05, 0) is 38.0 Å². The Morgan fingerprint density at radius 2 is 1.90 bits per heavy atom. The van der Waals surface area contributed by atoms with Crippen LogP contribution in [0.3, 0.4) is 0 Å². The number of sulfonamides is 1. The summed E-state index contributed by atoms with van der Waals surface area (Å²) >= 11 is 0. The van der Waals surface area contributed by atoms with Crippen LogP contribution in [0.4, 0.5) is 11.4 Å². The Bertz CT molecular complexity index is 593. The van der Waals surface area contributed by atoms with E-state index in [1.54, 1.807) is 25.1 Å². The molecule has 2 rings (SSSR count). The third-order valence-electron chi connectivity index (χ3n) is 4.06. The molecule has 1 aliphatic rings. The summed E-state index contributed by atoms with van der Waals surface area (Å²) in [6.45, 7) is 4.31. The molecule has 118 valence electrons. The molecule has 1 aliphatic carbocycles. The first-order valence-electron chi connectivity index (χ1n) is 7.54. The molecule has 1 fully saturated rings. The fraction of sp³-hybridized carbons (Fsp3) is 0.600. The zero-order chi connectivity index (χ0) is 15.5. The highest BCUT2D eigenvalue weighted by Crippen LogP contribution is 2.33. The minimum Gasteiger partial charge on any atom is -0.397 e. The van der Waals surface area contributed by atoms with E-state index in [0.717, 1.165) is 12.8 Å². The van der Waals surface area contributed by atoms with Gasteiger partial charge in [-0.3, -0.25) is 0 Å². The summed E-state index contributed by atoms with van der Waals surface area (Å²) in [5.74, 6) is 0. The Kier molecular flexibility index (Phi) is 4.78. The van der Waals surface area contributed by atoms with Crippen LogP contribution in [0, 0.1) is 0 Å². The molecule has 1 aromatic rings. The normalized spacial score (nSPS) is 18.4. The van der Waals surface area contributed by atoms with Crippen LogP contribution in [0.5, 0.6) is 0 Å². The van der Waals surface area contributed by atoms with Gasteiger partial charge in [0.1, 0.15) is 0 Å². The summed E-state index contributed by atoms with van der Waals surface area (Å²) in [6.07, 6.45) is 5.81. The van der Waals surface area contributed by atoms with Crippen molar-refractivity contribution < 1.29 is 8.42 Å². The van der Waals surface area contributed by atoms with Crippen molar-refractivity contribution in [2.75, 3.05) is 17.6 Å². The molecule has 0 unspecified atom stereocenters. The van der Waals surface area contributed by atoms with Gasteiger partial charge >= 0.3 is 0 Å². The fourth-order valence-corrected chi connectivity index (χ4v) is 3.93. The van der Waals surface area contributed by atoms with E-state index in [0.29, 0.717) is 17.9 Å². The molecule has 0 bridgehead atoms. The van der Waals surface area contributed by atoms with Crippen molar-refractivity contribution in [1.82, 2.24) is 4.72 Å². The van der Waals surface area contributed by atoms with Gasteiger partial charge in [-0.1, -0.05) is 26.2 Å². The minimum absolute atomic E-state index is 0.00700. The molecule has 0 aromatic heterocycles. The first kappa shape index (κ1) is 16.1. The summed E-state index contributed by atoms with van der Waals surface area (Å²) in [6, 6.07) is 4.83. The standard InChI is InChI=1S/C15H25N3O2S/c1-3-17-21(19,20)12-7-8-13(16)14(11-12)18-15(2)9-5-4-6-10-15/h7-8,11,17-18H,3-6,9-10,16H2,1-2H3. The van der Waals surface area contributed by atoms with Gasteiger partial charge in [0.2, 0.25) is 10.0 Å². The van der Waals surface area contributed by atoms with Gasteiger partial charge in [0.25, 0.3) is 0 Å². The average Bonchev–Trinajstić information content (AvgIpc) is 2.41. The number of anilines is 2. The second-order valence-electron chi connectivity index (χ2n) is 6.00. The highest BCUT2D eigenvalue weighted by molar-refractivity contribution is 7.89. The molecule has 0 heterocycles. The Balaban J connectivity index is 2.27. The maximum Gasteiger partial charge on any atom is 0.240 e. The van der Waals surface area contributed by atoms with E-state index >= 15 is 0 Å². The summed E-state index contributed by atoms with van der Waals surface area (Å²) in [4.78, 5) is 0.250. The van der Waals surface area contributed by atoms with Gasteiger partial charge in [-0.15, -0.1) is 0 Å². The molecule has 0 spiro atoms. The smallest absolute Gasteiger partial charge is 0.240 e. The first-order chi connectivity index (χ1) is 9.86. The van der Waals surface area contributed by atoms with E-state index in [1.165, 1.54) is 19.3 Å². The van der Waals surface area contributed by atoms with Crippen LogP contribution in [-0.4, -0.2) is 20.5 Å². The lowest BCUT2D eigenvalue weighted by Gasteiger charge is -2.36. The van der Waals surface area contributed by atoms with Gasteiger partial charge < -0.3 is 11.1 Å². The van der Waals surface area contributed by atoms with Crippen LogP contribution < -0.4 is 15.8 Å². The van der Waals surface area contributed by atoms with Crippen LogP contribution in [0.2, 0.25) is 0 Å². The Morgan fingerprint density at radius 3 is 2.52 bits per heavy atom. The molecule has 0 aliphatic heterocycles. The Morgan fingerprint density at radius 1 is 1.24 bits per heavy atom. The molecule has 4 N–H and O–H groups in total. The first-order valence-corrected chi connectivity index (χ1v) is 9.02. The van der Waals surface area contributed by atoms with Crippen molar-refractivity contribution in [2.45, 2.75) is 56.4 Å². The fourth-order valence-electron chi connectivity index (χ4n) is 2.87. The second kappa shape index (κ2) is 6.23. The molecule has 0 saturated heterocycles. The maximum atomic E-state index is 12.1. The number of rotatable bonds is 5. The van der Waals surface area contributed by atoms with Crippen molar-refractivity contribution in [3.05, 3.63) is 18.2 Å². The molecular formula is C15H25N3O2S. The van der Waals surface area contributed by atoms with E-state index in [-0.39, 0.29) is 10.4 Å². The third-order valence-corrected chi connectivity index (χ3v) is 5.61. The van der Waals surface area contributed by atoms with Crippen LogP contribution in [-0.2, 0) is 10.0 Å². The van der Waals surface area contributed by atoms with Crippen molar-refractivity contribution in [3.8, 4) is 0 Å². The van der Waals surface area contributed by atoms with Gasteiger partial charge in [0.15, 0.2) is 0 Å². The Hall–Kier alpha value is -1.27. The predicted molar refractivity (Wildman–Crippen MR) is 86.8 cm³/mol. The largest absolute Gasteiger partial charge is 0.397 e. The van der Waals surface area contributed by atoms with Gasteiger partial charge in [-0.2, -0.15) is 0 Å². The van der Waals surface area contributed by atoms with Crippen molar-refractivity contribution in [2.24, 2.45) is 0 Å². The van der Waals surface area contributed by atoms with Gasteiger partial charge in [-0.25, -0.2) is 13.1 Å². The van der Waals surface area contributed by atoms with Crippen molar-refractivity contribution in [1.29, 1.82) is 0 Å². The number of benzene rings is 1. The van der Waals surface area contributed by atoms with Crippen LogP contribution in [0.15, 0.2) is 23.1 Å². The van der Waals surface area contributed by atoms with Crippen molar-refractivity contribution in [3.63, 3.8) is 0 Å². The van der Waals surface area contributed by atoms with Crippen LogP contribution >= 0.6 is 0 Å². The number of hydrogen-bond donors (Lipinski definition) is 3. The minimum atomic E-state index is -3.46. The molecule has 0 amide bonds. The number of nitrogens with one attached hydrogen (secondary N) is 2. The van der Waals surface area contributed by atoms with Crippen molar-refractivity contribution >= 4 is 21.4 Å². The molecule has 1 aromatic carbocycles. The predicted octanol–water partition coefficient (Wildman–Crippen LogP) is 2.70. The highest BCUT2D eigenvalue weighted by atomic mass is 32.2. The van der Waals surface area contributed by atoms with E-state index in [1.807, 2.05) is 0 Å². The molecule has 6 heteroatoms. The third kappa shape index (κ3) is 3.89. The molecular weight excluding hydrogens is 286 g/mol. The zero-order valence-electron chi connectivity index (χ0n) is 12.8. The average molecular weight is 311 g/mol. The molecule has 0 radical (unpaired) electrons. The summed E-state index contributed by atoms with van der Waals surface area (Å²) < 4.78 is 26.7. The number of nitrogens with two attached hydrogens (primary N) is 1. The van der Waals surface area contributed by atoms with E-state index in [2.05, 4.69) is 17.0 Å². The lowest BCUT2D eigenvalue weighted by atomic mass is 9.83. The van der Waals surface area contributed by atoms with Crippen LogP contribution in [0.1, 0.15) is 46.0 Å². The molecule has 5 nitrogen and oxygen atoms in total. The summed E-state index contributed by atoms with van der Waals surface area (Å²) in [7, 11) is -3.46. The van der Waals surface area contributed by atoms with Gasteiger partial charge in [0.05, 0.1) is 16.3 Å². The maximum absolute atomic E-state index is 12.1. The molecule has 1 saturated carbocycles. The van der Waals surface area contributed by atoms with Gasteiger partial charge in [0, 0.05) is 12.1 Å². The van der Waals surface area contributed by atoms with E-state index < -0.39 is 10.0 Å². The number of nitrogen functional groups attached to an aromatic ring is 1. The highest BCUT2D eigenvalue weighted by Gasteiger charge is 2.27. The number of hydrogen-bond acceptors (Lipinski definition) is 4.